The molecule has 2 rings (SSSR count). The Hall–Kier alpha value is -2.11. The Morgan fingerprint density at radius 1 is 1.29 bits per heavy atom. The van der Waals surface area contributed by atoms with Crippen molar-refractivity contribution in [3.63, 3.8) is 0 Å². The number of nitrogens with zero attached hydrogens (tertiary/aromatic N) is 4. The molecule has 0 aromatic carbocycles. The van der Waals surface area contributed by atoms with Crippen LogP contribution in [0.1, 0.15) is 12.7 Å². The van der Waals surface area contributed by atoms with Crippen molar-refractivity contribution in [3.05, 3.63) is 30.6 Å². The van der Waals surface area contributed by atoms with Crippen molar-refractivity contribution in [1.82, 2.24) is 19.7 Å². The smallest absolute Gasteiger partial charge is 0.152 e. The van der Waals surface area contributed by atoms with Gasteiger partial charge in [0, 0.05) is 13.6 Å². The summed E-state index contributed by atoms with van der Waals surface area (Å²) in [5.41, 5.74) is 1.94. The van der Waals surface area contributed by atoms with Crippen LogP contribution in [0.4, 0.5) is 11.4 Å². The Kier molecular flexibility index (Phi) is 3.54. The molecule has 0 fully saturated rings. The predicted molar refractivity (Wildman–Crippen MR) is 66.8 cm³/mol. The second-order valence-corrected chi connectivity index (χ2v) is 3.60. The number of hydrogen-bond donors (Lipinski definition) is 2. The van der Waals surface area contributed by atoms with E-state index in [0.717, 1.165) is 23.7 Å². The number of nitrogens with one attached hydrogen (secondary N) is 2. The lowest BCUT2D eigenvalue weighted by molar-refractivity contribution is 0.708. The van der Waals surface area contributed by atoms with Crippen molar-refractivity contribution in [2.45, 2.75) is 20.0 Å². The van der Waals surface area contributed by atoms with Crippen molar-refractivity contribution in [2.24, 2.45) is 0 Å². The quantitative estimate of drug-likeness (QED) is 0.814. The molecule has 0 saturated carbocycles. The Labute approximate surface area is 100 Å². The zero-order chi connectivity index (χ0) is 12.1. The van der Waals surface area contributed by atoms with Crippen LogP contribution >= 0.6 is 0 Å². The summed E-state index contributed by atoms with van der Waals surface area (Å²) >= 11 is 0. The lowest BCUT2D eigenvalue weighted by Crippen LogP contribution is -2.07. The minimum Gasteiger partial charge on any atom is -0.387 e. The highest BCUT2D eigenvalue weighted by Gasteiger charge is 2.02. The zero-order valence-corrected chi connectivity index (χ0v) is 10.0. The Bertz CT molecular complexity index is 478. The van der Waals surface area contributed by atoms with E-state index in [9.17, 15) is 0 Å². The SMILES string of the molecule is CCn1cnnc1CNc1cncc(NC)c1. The largest absolute Gasteiger partial charge is 0.387 e. The molecule has 0 unspecified atom stereocenters. The predicted octanol–water partition coefficient (Wildman–Crippen LogP) is 1.35. The maximum absolute atomic E-state index is 4.13. The summed E-state index contributed by atoms with van der Waals surface area (Å²) in [5, 5.41) is 14.3. The summed E-state index contributed by atoms with van der Waals surface area (Å²) in [7, 11) is 1.87. The van der Waals surface area contributed by atoms with Crippen LogP contribution in [-0.4, -0.2) is 26.8 Å². The van der Waals surface area contributed by atoms with Crippen molar-refractivity contribution in [3.8, 4) is 0 Å². The third-order valence-corrected chi connectivity index (χ3v) is 2.51. The average molecular weight is 232 g/mol. The van der Waals surface area contributed by atoms with E-state index in [1.807, 2.05) is 17.7 Å². The van der Waals surface area contributed by atoms with Gasteiger partial charge in [-0.2, -0.15) is 0 Å². The fraction of sp³-hybridized carbons (Fsp3) is 0.364. The highest BCUT2D eigenvalue weighted by atomic mass is 15.3. The van der Waals surface area contributed by atoms with Crippen LogP contribution in [0.5, 0.6) is 0 Å². The molecule has 90 valence electrons. The molecule has 0 spiro atoms. The first kappa shape index (κ1) is 11.4. The first-order chi connectivity index (χ1) is 8.33. The van der Waals surface area contributed by atoms with Gasteiger partial charge in [-0.15, -0.1) is 10.2 Å². The molecule has 2 aromatic rings. The van der Waals surface area contributed by atoms with Crippen LogP contribution in [0.3, 0.4) is 0 Å². The van der Waals surface area contributed by atoms with E-state index in [1.54, 1.807) is 18.7 Å². The fourth-order valence-corrected chi connectivity index (χ4v) is 1.53. The molecular formula is C11H16N6. The van der Waals surface area contributed by atoms with Crippen LogP contribution in [-0.2, 0) is 13.1 Å². The zero-order valence-electron chi connectivity index (χ0n) is 10.0. The maximum atomic E-state index is 4.13. The number of rotatable bonds is 5. The van der Waals surface area contributed by atoms with Gasteiger partial charge < -0.3 is 15.2 Å². The summed E-state index contributed by atoms with van der Waals surface area (Å²) in [5.74, 6) is 0.919. The molecule has 17 heavy (non-hydrogen) atoms. The van der Waals surface area contributed by atoms with E-state index < -0.39 is 0 Å². The van der Waals surface area contributed by atoms with E-state index in [2.05, 4.69) is 32.7 Å². The Morgan fingerprint density at radius 2 is 2.12 bits per heavy atom. The molecule has 6 heteroatoms. The summed E-state index contributed by atoms with van der Waals surface area (Å²) in [6.45, 7) is 3.58. The summed E-state index contributed by atoms with van der Waals surface area (Å²) in [6, 6.07) is 2.00. The molecule has 6 nitrogen and oxygen atoms in total. The second-order valence-electron chi connectivity index (χ2n) is 3.60. The number of anilines is 2. The molecular weight excluding hydrogens is 216 g/mol. The monoisotopic (exact) mass is 232 g/mol. The average Bonchev–Trinajstić information content (AvgIpc) is 2.84. The van der Waals surface area contributed by atoms with E-state index in [-0.39, 0.29) is 0 Å². The van der Waals surface area contributed by atoms with Crippen molar-refractivity contribution < 1.29 is 0 Å². The number of aryl methyl sites for hydroxylation is 1. The number of aromatic nitrogens is 4. The van der Waals surface area contributed by atoms with Gasteiger partial charge in [0.05, 0.1) is 30.3 Å². The number of hydrogen-bond acceptors (Lipinski definition) is 5. The highest BCUT2D eigenvalue weighted by molar-refractivity contribution is 5.53. The Balaban J connectivity index is 2.02. The number of pyridine rings is 1. The van der Waals surface area contributed by atoms with Gasteiger partial charge >= 0.3 is 0 Å². The topological polar surface area (TPSA) is 67.7 Å². The summed E-state index contributed by atoms with van der Waals surface area (Å²) in [4.78, 5) is 4.13. The van der Waals surface area contributed by atoms with Gasteiger partial charge in [-0.3, -0.25) is 4.98 Å². The lowest BCUT2D eigenvalue weighted by Gasteiger charge is -2.07. The normalized spacial score (nSPS) is 10.2. The van der Waals surface area contributed by atoms with Gasteiger partial charge in [0.15, 0.2) is 5.82 Å². The third-order valence-electron chi connectivity index (χ3n) is 2.51. The van der Waals surface area contributed by atoms with E-state index in [4.69, 9.17) is 0 Å². The van der Waals surface area contributed by atoms with Crippen LogP contribution in [0.15, 0.2) is 24.8 Å². The van der Waals surface area contributed by atoms with Crippen LogP contribution < -0.4 is 10.6 Å². The molecule has 0 atom stereocenters. The maximum Gasteiger partial charge on any atom is 0.152 e. The van der Waals surface area contributed by atoms with Gasteiger partial charge in [0.25, 0.3) is 0 Å². The minimum atomic E-state index is 0.642. The fourth-order valence-electron chi connectivity index (χ4n) is 1.53. The van der Waals surface area contributed by atoms with E-state index in [0.29, 0.717) is 6.54 Å². The summed E-state index contributed by atoms with van der Waals surface area (Å²) in [6.07, 6.45) is 5.30. The first-order valence-corrected chi connectivity index (χ1v) is 5.57. The molecule has 0 aliphatic rings. The molecule has 2 N–H and O–H groups in total. The van der Waals surface area contributed by atoms with E-state index in [1.165, 1.54) is 0 Å². The van der Waals surface area contributed by atoms with Crippen LogP contribution in [0.25, 0.3) is 0 Å². The van der Waals surface area contributed by atoms with Gasteiger partial charge in [0.1, 0.15) is 6.33 Å². The van der Waals surface area contributed by atoms with Crippen molar-refractivity contribution >= 4 is 11.4 Å². The van der Waals surface area contributed by atoms with Crippen LogP contribution in [0.2, 0.25) is 0 Å². The molecule has 0 radical (unpaired) electrons. The molecule has 0 aliphatic carbocycles. The van der Waals surface area contributed by atoms with Gasteiger partial charge in [-0.05, 0) is 13.0 Å². The third kappa shape index (κ3) is 2.72. The molecule has 0 saturated heterocycles. The van der Waals surface area contributed by atoms with Crippen molar-refractivity contribution in [1.29, 1.82) is 0 Å². The minimum absolute atomic E-state index is 0.642. The van der Waals surface area contributed by atoms with Gasteiger partial charge in [-0.1, -0.05) is 0 Å². The second kappa shape index (κ2) is 5.29. The molecule has 0 amide bonds. The first-order valence-electron chi connectivity index (χ1n) is 5.57. The molecule has 2 heterocycles. The van der Waals surface area contributed by atoms with Crippen LogP contribution in [0, 0.1) is 0 Å². The van der Waals surface area contributed by atoms with Gasteiger partial charge in [-0.25, -0.2) is 0 Å². The Morgan fingerprint density at radius 3 is 2.88 bits per heavy atom. The summed E-state index contributed by atoms with van der Waals surface area (Å²) < 4.78 is 2.00. The molecule has 0 aliphatic heterocycles. The van der Waals surface area contributed by atoms with E-state index >= 15 is 0 Å². The molecule has 0 bridgehead atoms. The molecule has 2 aromatic heterocycles. The van der Waals surface area contributed by atoms with Crippen molar-refractivity contribution in [2.75, 3.05) is 17.7 Å². The van der Waals surface area contributed by atoms with Gasteiger partial charge in [0.2, 0.25) is 0 Å². The lowest BCUT2D eigenvalue weighted by atomic mass is 10.3. The standard InChI is InChI=1S/C11H16N6/c1-3-17-8-15-16-11(17)7-14-10-4-9(12-2)5-13-6-10/h4-6,8,12,14H,3,7H2,1-2H3. The highest BCUT2D eigenvalue weighted by Crippen LogP contribution is 2.12.